The topological polar surface area (TPSA) is 46.0 Å². The van der Waals surface area contributed by atoms with Gasteiger partial charge in [0.2, 0.25) is 0 Å². The maximum Gasteiger partial charge on any atom is 0.123 e. The second kappa shape index (κ2) is 4.55. The van der Waals surface area contributed by atoms with Crippen molar-refractivity contribution in [2.45, 2.75) is 6.10 Å². The van der Waals surface area contributed by atoms with Crippen molar-refractivity contribution in [3.8, 4) is 0 Å². The van der Waals surface area contributed by atoms with Gasteiger partial charge in [-0.05, 0) is 5.56 Å². The minimum Gasteiger partial charge on any atom is -0.382 e. The lowest BCUT2D eigenvalue weighted by atomic mass is 10.0. The molecule has 18 heavy (non-hydrogen) atoms. The molecule has 1 heterocycles. The highest BCUT2D eigenvalue weighted by Crippen LogP contribution is 2.25. The molecule has 0 saturated carbocycles. The van der Waals surface area contributed by atoms with Gasteiger partial charge in [0.05, 0.1) is 6.20 Å². The van der Waals surface area contributed by atoms with Crippen molar-refractivity contribution in [2.75, 3.05) is 0 Å². The second-order valence-electron chi connectivity index (χ2n) is 4.13. The summed E-state index contributed by atoms with van der Waals surface area (Å²) in [5.74, 6) is 0. The molecular formula is C15H12N2O. The number of hydrogen-bond donors (Lipinski definition) is 1. The first-order valence-electron chi connectivity index (χ1n) is 5.79. The summed E-state index contributed by atoms with van der Waals surface area (Å²) in [6.45, 7) is 0. The summed E-state index contributed by atoms with van der Waals surface area (Å²) in [5, 5.41) is 20.3. The van der Waals surface area contributed by atoms with Crippen LogP contribution in [0, 0.1) is 0 Å². The summed E-state index contributed by atoms with van der Waals surface area (Å²) < 4.78 is 0. The summed E-state index contributed by atoms with van der Waals surface area (Å²) in [4.78, 5) is 0. The highest BCUT2D eigenvalue weighted by molar-refractivity contribution is 5.84. The van der Waals surface area contributed by atoms with Crippen LogP contribution in [-0.2, 0) is 0 Å². The number of benzene rings is 2. The Bertz CT molecular complexity index is 662. The van der Waals surface area contributed by atoms with Crippen LogP contribution in [0.3, 0.4) is 0 Å². The molecule has 1 atom stereocenters. The Kier molecular flexibility index (Phi) is 2.74. The first-order chi connectivity index (χ1) is 8.86. The summed E-state index contributed by atoms with van der Waals surface area (Å²) in [6, 6.07) is 17.3. The maximum atomic E-state index is 10.4. The average molecular weight is 236 g/mol. The van der Waals surface area contributed by atoms with Crippen LogP contribution in [0.5, 0.6) is 0 Å². The van der Waals surface area contributed by atoms with Crippen molar-refractivity contribution >= 4 is 10.8 Å². The van der Waals surface area contributed by atoms with E-state index in [1.165, 1.54) is 0 Å². The smallest absolute Gasteiger partial charge is 0.123 e. The Balaban J connectivity index is 2.15. The fraction of sp³-hybridized carbons (Fsp3) is 0.0667. The van der Waals surface area contributed by atoms with E-state index in [2.05, 4.69) is 10.2 Å². The molecule has 0 bridgehead atoms. The highest BCUT2D eigenvalue weighted by Gasteiger charge is 2.15. The molecule has 1 unspecified atom stereocenters. The van der Waals surface area contributed by atoms with Gasteiger partial charge in [-0.1, -0.05) is 54.6 Å². The zero-order valence-corrected chi connectivity index (χ0v) is 9.69. The molecule has 0 aliphatic heterocycles. The monoisotopic (exact) mass is 236 g/mol. The van der Waals surface area contributed by atoms with Gasteiger partial charge >= 0.3 is 0 Å². The van der Waals surface area contributed by atoms with Gasteiger partial charge in [-0.2, -0.15) is 10.2 Å². The molecule has 3 heteroatoms. The third kappa shape index (κ3) is 1.85. The fourth-order valence-electron chi connectivity index (χ4n) is 2.05. The Morgan fingerprint density at radius 3 is 2.44 bits per heavy atom. The van der Waals surface area contributed by atoms with Crippen LogP contribution >= 0.6 is 0 Å². The lowest BCUT2D eigenvalue weighted by Crippen LogP contribution is -2.04. The van der Waals surface area contributed by atoms with E-state index in [0.717, 1.165) is 16.3 Å². The largest absolute Gasteiger partial charge is 0.382 e. The first-order valence-corrected chi connectivity index (χ1v) is 5.79. The SMILES string of the molecule is OC(c1ccccc1)c1nncc2ccccc12. The zero-order chi connectivity index (χ0) is 12.4. The van der Waals surface area contributed by atoms with Crippen molar-refractivity contribution in [3.05, 3.63) is 72.1 Å². The van der Waals surface area contributed by atoms with Crippen molar-refractivity contribution < 1.29 is 5.11 Å². The first kappa shape index (κ1) is 10.9. The van der Waals surface area contributed by atoms with Crippen LogP contribution in [-0.4, -0.2) is 15.3 Å². The average Bonchev–Trinajstić information content (AvgIpc) is 2.47. The van der Waals surface area contributed by atoms with Gasteiger partial charge in [0.15, 0.2) is 0 Å². The molecular weight excluding hydrogens is 224 g/mol. The Hall–Kier alpha value is -2.26. The van der Waals surface area contributed by atoms with E-state index in [9.17, 15) is 5.11 Å². The zero-order valence-electron chi connectivity index (χ0n) is 9.69. The van der Waals surface area contributed by atoms with Crippen molar-refractivity contribution in [1.29, 1.82) is 0 Å². The van der Waals surface area contributed by atoms with Gasteiger partial charge in [0, 0.05) is 10.8 Å². The number of aromatic nitrogens is 2. The third-order valence-electron chi connectivity index (χ3n) is 2.97. The fourth-order valence-corrected chi connectivity index (χ4v) is 2.05. The van der Waals surface area contributed by atoms with Crippen LogP contribution < -0.4 is 0 Å². The standard InChI is InChI=1S/C15H12N2O/c18-15(11-6-2-1-3-7-11)14-13-9-5-4-8-12(13)10-16-17-14/h1-10,15,18H. The van der Waals surface area contributed by atoms with Gasteiger partial charge in [0.1, 0.15) is 11.8 Å². The van der Waals surface area contributed by atoms with E-state index in [0.29, 0.717) is 5.69 Å². The molecule has 0 fully saturated rings. The molecule has 1 N–H and O–H groups in total. The Morgan fingerprint density at radius 2 is 1.61 bits per heavy atom. The lowest BCUT2D eigenvalue weighted by molar-refractivity contribution is 0.216. The normalized spacial score (nSPS) is 12.5. The van der Waals surface area contributed by atoms with Crippen LogP contribution in [0.25, 0.3) is 10.8 Å². The minimum atomic E-state index is -0.746. The van der Waals surface area contributed by atoms with Crippen LogP contribution in [0.15, 0.2) is 60.8 Å². The summed E-state index contributed by atoms with van der Waals surface area (Å²) >= 11 is 0. The number of rotatable bonds is 2. The van der Waals surface area contributed by atoms with E-state index in [4.69, 9.17) is 0 Å². The Morgan fingerprint density at radius 1 is 0.889 bits per heavy atom. The molecule has 0 aliphatic rings. The Labute approximate surface area is 105 Å². The van der Waals surface area contributed by atoms with E-state index in [1.54, 1.807) is 6.20 Å². The number of fused-ring (bicyclic) bond motifs is 1. The highest BCUT2D eigenvalue weighted by atomic mass is 16.3. The number of aliphatic hydroxyl groups excluding tert-OH is 1. The van der Waals surface area contributed by atoms with Gasteiger partial charge in [-0.3, -0.25) is 0 Å². The minimum absolute atomic E-state index is 0.597. The molecule has 0 spiro atoms. The molecule has 0 amide bonds. The van der Waals surface area contributed by atoms with Crippen LogP contribution in [0.1, 0.15) is 17.4 Å². The van der Waals surface area contributed by atoms with Gasteiger partial charge in [-0.15, -0.1) is 0 Å². The number of aliphatic hydroxyl groups is 1. The molecule has 0 saturated heterocycles. The van der Waals surface area contributed by atoms with Crippen molar-refractivity contribution in [2.24, 2.45) is 0 Å². The van der Waals surface area contributed by atoms with Crippen LogP contribution in [0.4, 0.5) is 0 Å². The summed E-state index contributed by atoms with van der Waals surface area (Å²) in [7, 11) is 0. The van der Waals surface area contributed by atoms with Gasteiger partial charge < -0.3 is 5.11 Å². The molecule has 0 radical (unpaired) electrons. The summed E-state index contributed by atoms with van der Waals surface area (Å²) in [5.41, 5.74) is 1.42. The van der Waals surface area contributed by atoms with Gasteiger partial charge in [-0.25, -0.2) is 0 Å². The van der Waals surface area contributed by atoms with Crippen LogP contribution in [0.2, 0.25) is 0 Å². The lowest BCUT2D eigenvalue weighted by Gasteiger charge is -2.11. The van der Waals surface area contributed by atoms with Crippen molar-refractivity contribution in [1.82, 2.24) is 10.2 Å². The maximum absolute atomic E-state index is 10.4. The third-order valence-corrected chi connectivity index (χ3v) is 2.97. The number of hydrogen-bond acceptors (Lipinski definition) is 3. The molecule has 3 aromatic rings. The van der Waals surface area contributed by atoms with E-state index in [-0.39, 0.29) is 0 Å². The predicted molar refractivity (Wildman–Crippen MR) is 70.0 cm³/mol. The molecule has 1 aromatic heterocycles. The molecule has 3 nitrogen and oxygen atoms in total. The molecule has 3 rings (SSSR count). The second-order valence-corrected chi connectivity index (χ2v) is 4.13. The van der Waals surface area contributed by atoms with Gasteiger partial charge in [0.25, 0.3) is 0 Å². The van der Waals surface area contributed by atoms with E-state index >= 15 is 0 Å². The molecule has 2 aromatic carbocycles. The summed E-state index contributed by atoms with van der Waals surface area (Å²) in [6.07, 6.45) is 0.959. The number of nitrogens with zero attached hydrogens (tertiary/aromatic N) is 2. The van der Waals surface area contributed by atoms with E-state index in [1.807, 2.05) is 54.6 Å². The quantitative estimate of drug-likeness (QED) is 0.744. The molecule has 88 valence electrons. The molecule has 0 aliphatic carbocycles. The predicted octanol–water partition coefficient (Wildman–Crippen LogP) is 2.71. The van der Waals surface area contributed by atoms with E-state index < -0.39 is 6.10 Å². The van der Waals surface area contributed by atoms with Crippen molar-refractivity contribution in [3.63, 3.8) is 0 Å².